The van der Waals surface area contributed by atoms with E-state index in [4.69, 9.17) is 0 Å². The Balaban J connectivity index is 0.00000112. The normalized spacial score (nSPS) is 13.9. The summed E-state index contributed by atoms with van der Waals surface area (Å²) in [6, 6.07) is 6.04. The Morgan fingerprint density at radius 2 is 2.27 bits per heavy atom. The first kappa shape index (κ1) is 12.4. The van der Waals surface area contributed by atoms with Crippen LogP contribution in [-0.2, 0) is 0 Å². The van der Waals surface area contributed by atoms with E-state index in [0.717, 1.165) is 35.2 Å². The van der Waals surface area contributed by atoms with E-state index in [1.165, 1.54) is 0 Å². The molecule has 15 heavy (non-hydrogen) atoms. The first-order chi connectivity index (χ1) is 6.77. The van der Waals surface area contributed by atoms with Gasteiger partial charge in [-0.05, 0) is 18.6 Å². The number of nitrogens with zero attached hydrogens (tertiary/aromatic N) is 1. The van der Waals surface area contributed by atoms with Crippen molar-refractivity contribution < 1.29 is 0 Å². The zero-order valence-corrected chi connectivity index (χ0v) is 11.1. The fourth-order valence-corrected chi connectivity index (χ4v) is 1.57. The van der Waals surface area contributed by atoms with E-state index in [-0.39, 0.29) is 17.0 Å². The number of guanidine groups is 1. The predicted octanol–water partition coefficient (Wildman–Crippen LogP) is 2.23. The minimum Gasteiger partial charge on any atom is -0.354 e. The van der Waals surface area contributed by atoms with Crippen LogP contribution in [0.25, 0.3) is 0 Å². The molecule has 1 heterocycles. The Labute approximate surface area is 106 Å². The number of thiol groups is 1. The number of rotatable bonds is 1. The topological polar surface area (TPSA) is 36.4 Å². The van der Waals surface area contributed by atoms with Gasteiger partial charge in [0.05, 0.1) is 12.2 Å². The maximum Gasteiger partial charge on any atom is 0.195 e. The standard InChI is InChI=1S/C10H13N3S.BrH/c1-7-3-2-4-8(9(7)14)13-10-11-5-6-12-10;/h2-4,14H,5-6H2,1H3,(H2,11,12,13);1H. The molecule has 1 aromatic rings. The molecule has 82 valence electrons. The lowest BCUT2D eigenvalue weighted by atomic mass is 10.2. The molecule has 0 fully saturated rings. The maximum atomic E-state index is 4.44. The van der Waals surface area contributed by atoms with Gasteiger partial charge in [0.1, 0.15) is 0 Å². The summed E-state index contributed by atoms with van der Waals surface area (Å²) < 4.78 is 0. The van der Waals surface area contributed by atoms with E-state index in [1.807, 2.05) is 25.1 Å². The van der Waals surface area contributed by atoms with Crippen molar-refractivity contribution in [2.75, 3.05) is 18.4 Å². The summed E-state index contributed by atoms with van der Waals surface area (Å²) in [5.74, 6) is 0.839. The Bertz CT molecular complexity index is 379. The van der Waals surface area contributed by atoms with Gasteiger partial charge in [0.2, 0.25) is 0 Å². The summed E-state index contributed by atoms with van der Waals surface area (Å²) in [5, 5.41) is 6.37. The molecule has 0 atom stereocenters. The summed E-state index contributed by atoms with van der Waals surface area (Å²) in [4.78, 5) is 5.24. The van der Waals surface area contributed by atoms with Crippen molar-refractivity contribution >= 4 is 41.3 Å². The molecule has 0 spiro atoms. The van der Waals surface area contributed by atoms with Crippen LogP contribution >= 0.6 is 29.6 Å². The van der Waals surface area contributed by atoms with Crippen LogP contribution in [0.3, 0.4) is 0 Å². The SMILES string of the molecule is Br.Cc1cccc(NC2=NCCN2)c1S. The van der Waals surface area contributed by atoms with Crippen molar-refractivity contribution in [1.29, 1.82) is 0 Å². The summed E-state index contributed by atoms with van der Waals surface area (Å²) in [5.41, 5.74) is 2.17. The number of hydrogen-bond donors (Lipinski definition) is 3. The number of halogens is 1. The highest BCUT2D eigenvalue weighted by Gasteiger charge is 2.07. The molecule has 2 rings (SSSR count). The van der Waals surface area contributed by atoms with Gasteiger partial charge in [0, 0.05) is 11.4 Å². The van der Waals surface area contributed by atoms with Crippen molar-refractivity contribution in [1.82, 2.24) is 5.32 Å². The number of anilines is 1. The molecule has 1 aliphatic rings. The monoisotopic (exact) mass is 287 g/mol. The molecule has 0 saturated heterocycles. The molecule has 0 bridgehead atoms. The molecule has 1 aromatic carbocycles. The van der Waals surface area contributed by atoms with E-state index in [9.17, 15) is 0 Å². The quantitative estimate of drug-likeness (QED) is 0.693. The second kappa shape index (κ2) is 5.42. The van der Waals surface area contributed by atoms with E-state index >= 15 is 0 Å². The van der Waals surface area contributed by atoms with Crippen molar-refractivity contribution in [3.05, 3.63) is 23.8 Å². The zero-order valence-electron chi connectivity index (χ0n) is 8.45. The van der Waals surface area contributed by atoms with Crippen molar-refractivity contribution in [2.45, 2.75) is 11.8 Å². The highest BCUT2D eigenvalue weighted by Crippen LogP contribution is 2.23. The lowest BCUT2D eigenvalue weighted by Gasteiger charge is -2.10. The van der Waals surface area contributed by atoms with Crippen LogP contribution in [0.1, 0.15) is 5.56 Å². The number of hydrogen-bond acceptors (Lipinski definition) is 4. The van der Waals surface area contributed by atoms with Gasteiger partial charge < -0.3 is 10.6 Å². The lowest BCUT2D eigenvalue weighted by Crippen LogP contribution is -2.26. The Hall–Kier alpha value is -0.680. The minimum absolute atomic E-state index is 0. The third-order valence-electron chi connectivity index (χ3n) is 2.16. The van der Waals surface area contributed by atoms with Crippen LogP contribution in [0.15, 0.2) is 28.1 Å². The van der Waals surface area contributed by atoms with E-state index < -0.39 is 0 Å². The number of benzene rings is 1. The van der Waals surface area contributed by atoms with Gasteiger partial charge in [-0.3, -0.25) is 4.99 Å². The van der Waals surface area contributed by atoms with Crippen LogP contribution in [-0.4, -0.2) is 19.0 Å². The fourth-order valence-electron chi connectivity index (χ4n) is 1.37. The van der Waals surface area contributed by atoms with Gasteiger partial charge in [0.15, 0.2) is 5.96 Å². The third kappa shape index (κ3) is 2.89. The minimum atomic E-state index is 0. The zero-order chi connectivity index (χ0) is 9.97. The van der Waals surface area contributed by atoms with Gasteiger partial charge >= 0.3 is 0 Å². The van der Waals surface area contributed by atoms with Gasteiger partial charge in [-0.25, -0.2) is 0 Å². The van der Waals surface area contributed by atoms with Crippen LogP contribution in [0.5, 0.6) is 0 Å². The van der Waals surface area contributed by atoms with Gasteiger partial charge in [-0.15, -0.1) is 29.6 Å². The molecule has 0 radical (unpaired) electrons. The maximum absolute atomic E-state index is 4.44. The molecule has 0 aromatic heterocycles. The average Bonchev–Trinajstić information content (AvgIpc) is 2.66. The van der Waals surface area contributed by atoms with E-state index in [2.05, 4.69) is 28.3 Å². The first-order valence-electron chi connectivity index (χ1n) is 4.61. The molecule has 0 unspecified atom stereocenters. The van der Waals surface area contributed by atoms with Crippen molar-refractivity contribution in [3.63, 3.8) is 0 Å². The Morgan fingerprint density at radius 1 is 1.47 bits per heavy atom. The van der Waals surface area contributed by atoms with Crippen LogP contribution in [0, 0.1) is 6.92 Å². The molecule has 5 heteroatoms. The van der Waals surface area contributed by atoms with Gasteiger partial charge in [0.25, 0.3) is 0 Å². The van der Waals surface area contributed by atoms with Crippen LogP contribution in [0.2, 0.25) is 0 Å². The molecule has 2 N–H and O–H groups in total. The van der Waals surface area contributed by atoms with Crippen molar-refractivity contribution in [2.24, 2.45) is 4.99 Å². The van der Waals surface area contributed by atoms with Crippen molar-refractivity contribution in [3.8, 4) is 0 Å². The summed E-state index contributed by atoms with van der Waals surface area (Å²) >= 11 is 4.44. The van der Waals surface area contributed by atoms with E-state index in [1.54, 1.807) is 0 Å². The summed E-state index contributed by atoms with van der Waals surface area (Å²) in [7, 11) is 0. The fraction of sp³-hybridized carbons (Fsp3) is 0.300. The van der Waals surface area contributed by atoms with E-state index in [0.29, 0.717) is 0 Å². The molecular weight excluding hydrogens is 274 g/mol. The Morgan fingerprint density at radius 3 is 2.93 bits per heavy atom. The van der Waals surface area contributed by atoms with Crippen LogP contribution in [0.4, 0.5) is 5.69 Å². The highest BCUT2D eigenvalue weighted by atomic mass is 79.9. The number of nitrogens with one attached hydrogen (secondary N) is 2. The lowest BCUT2D eigenvalue weighted by molar-refractivity contribution is 0.959. The summed E-state index contributed by atoms with van der Waals surface area (Å²) in [6.45, 7) is 3.80. The summed E-state index contributed by atoms with van der Waals surface area (Å²) in [6.07, 6.45) is 0. The molecule has 0 saturated carbocycles. The predicted molar refractivity (Wildman–Crippen MR) is 72.7 cm³/mol. The van der Waals surface area contributed by atoms with Gasteiger partial charge in [-0.1, -0.05) is 12.1 Å². The first-order valence-corrected chi connectivity index (χ1v) is 5.06. The van der Waals surface area contributed by atoms with Crippen LogP contribution < -0.4 is 10.6 Å². The second-order valence-corrected chi connectivity index (χ2v) is 3.70. The molecular formula is C10H14BrN3S. The molecule has 0 aliphatic carbocycles. The second-order valence-electron chi connectivity index (χ2n) is 3.25. The molecule has 0 amide bonds. The molecule has 3 nitrogen and oxygen atoms in total. The average molecular weight is 288 g/mol. The number of aryl methyl sites for hydroxylation is 1. The highest BCUT2D eigenvalue weighted by molar-refractivity contribution is 8.93. The van der Waals surface area contributed by atoms with Gasteiger partial charge in [-0.2, -0.15) is 0 Å². The largest absolute Gasteiger partial charge is 0.354 e. The molecule has 1 aliphatic heterocycles. The smallest absolute Gasteiger partial charge is 0.195 e. The Kier molecular flexibility index (Phi) is 4.47. The third-order valence-corrected chi connectivity index (χ3v) is 2.76. The number of aliphatic imine (C=N–C) groups is 1.